The van der Waals surface area contributed by atoms with Crippen molar-refractivity contribution in [2.24, 2.45) is 0 Å². The number of nitro groups is 1. The summed E-state index contributed by atoms with van der Waals surface area (Å²) in [5.74, 6) is -1.05. The van der Waals surface area contributed by atoms with Crippen LogP contribution in [0.2, 0.25) is 5.02 Å². The Hall–Kier alpha value is -1.62. The van der Waals surface area contributed by atoms with E-state index in [4.69, 9.17) is 16.7 Å². The van der Waals surface area contributed by atoms with Crippen molar-refractivity contribution in [1.29, 1.82) is 0 Å². The van der Waals surface area contributed by atoms with E-state index in [0.29, 0.717) is 17.0 Å². The minimum atomic E-state index is -1.05. The molecule has 0 aliphatic heterocycles. The Kier molecular flexibility index (Phi) is 4.45. The van der Waals surface area contributed by atoms with Gasteiger partial charge < -0.3 is 5.11 Å². The van der Waals surface area contributed by atoms with Crippen LogP contribution in [-0.2, 0) is 6.42 Å². The molecule has 1 unspecified atom stereocenters. The van der Waals surface area contributed by atoms with Crippen LogP contribution >= 0.6 is 11.6 Å². The Morgan fingerprint density at radius 1 is 1.59 bits per heavy atom. The average molecular weight is 258 g/mol. The van der Waals surface area contributed by atoms with E-state index in [2.05, 4.69) is 0 Å². The van der Waals surface area contributed by atoms with E-state index in [-0.39, 0.29) is 16.9 Å². The molecule has 0 heterocycles. The molecule has 0 radical (unpaired) electrons. The number of hydrogen-bond donors (Lipinski definition) is 1. The molecule has 6 heteroatoms. The molecule has 1 atom stereocenters. The third kappa shape index (κ3) is 3.71. The summed E-state index contributed by atoms with van der Waals surface area (Å²) in [4.78, 5) is 21.0. The van der Waals surface area contributed by atoms with Crippen LogP contribution in [0, 0.1) is 10.1 Å². The summed E-state index contributed by atoms with van der Waals surface area (Å²) in [5.41, 5.74) is 0.670. The maximum absolute atomic E-state index is 10.9. The summed E-state index contributed by atoms with van der Waals surface area (Å²) in [7, 11) is 0. The monoisotopic (exact) mass is 257 g/mol. The van der Waals surface area contributed by atoms with Crippen LogP contribution in [0.5, 0.6) is 0 Å². The van der Waals surface area contributed by atoms with Gasteiger partial charge in [-0.1, -0.05) is 11.6 Å². The summed E-state index contributed by atoms with van der Waals surface area (Å²) in [6.45, 7) is 1.49. The highest BCUT2D eigenvalue weighted by atomic mass is 35.5. The third-order valence-corrected chi connectivity index (χ3v) is 2.72. The fraction of sp³-hybridized carbons (Fsp3) is 0.364. The van der Waals surface area contributed by atoms with Crippen LogP contribution in [0.15, 0.2) is 18.2 Å². The molecule has 0 aromatic heterocycles. The molecule has 0 bridgehead atoms. The molecule has 0 aliphatic rings. The number of aromatic carboxylic acids is 1. The zero-order valence-electron chi connectivity index (χ0n) is 9.22. The molecule has 1 rings (SSSR count). The second kappa shape index (κ2) is 5.63. The lowest BCUT2D eigenvalue weighted by Crippen LogP contribution is -2.16. The summed E-state index contributed by atoms with van der Waals surface area (Å²) in [6.07, 6.45) is 0.609. The molecule has 17 heavy (non-hydrogen) atoms. The van der Waals surface area contributed by atoms with Crippen LogP contribution in [-0.4, -0.2) is 22.0 Å². The molecule has 1 aromatic carbocycles. The van der Waals surface area contributed by atoms with Crippen molar-refractivity contribution in [1.82, 2.24) is 0 Å². The molecule has 92 valence electrons. The smallest absolute Gasteiger partial charge is 0.335 e. The number of carboxylic acids is 1. The molecular weight excluding hydrogens is 246 g/mol. The van der Waals surface area contributed by atoms with Gasteiger partial charge in [-0.05, 0) is 30.2 Å². The number of aryl methyl sites for hydroxylation is 1. The topological polar surface area (TPSA) is 80.4 Å². The van der Waals surface area contributed by atoms with Crippen LogP contribution in [0.1, 0.15) is 29.3 Å². The maximum Gasteiger partial charge on any atom is 0.335 e. The molecule has 1 aromatic rings. The molecule has 5 nitrogen and oxygen atoms in total. The maximum atomic E-state index is 10.9. The van der Waals surface area contributed by atoms with Crippen LogP contribution in [0.25, 0.3) is 0 Å². The van der Waals surface area contributed by atoms with Crippen LogP contribution in [0.4, 0.5) is 0 Å². The average Bonchev–Trinajstić information content (AvgIpc) is 2.25. The van der Waals surface area contributed by atoms with E-state index in [1.54, 1.807) is 0 Å². The van der Waals surface area contributed by atoms with Gasteiger partial charge in [0.25, 0.3) is 0 Å². The number of halogens is 1. The first-order valence-electron chi connectivity index (χ1n) is 5.07. The third-order valence-electron chi connectivity index (χ3n) is 2.49. The largest absolute Gasteiger partial charge is 0.478 e. The van der Waals surface area contributed by atoms with E-state index in [9.17, 15) is 14.9 Å². The minimum absolute atomic E-state index is 0.143. The van der Waals surface area contributed by atoms with Gasteiger partial charge in [-0.3, -0.25) is 10.1 Å². The molecule has 0 fully saturated rings. The molecular formula is C11H12ClNO4. The van der Waals surface area contributed by atoms with Crippen molar-refractivity contribution in [3.05, 3.63) is 44.5 Å². The van der Waals surface area contributed by atoms with Gasteiger partial charge in [0.2, 0.25) is 6.04 Å². The van der Waals surface area contributed by atoms with Gasteiger partial charge in [-0.2, -0.15) is 0 Å². The van der Waals surface area contributed by atoms with Crippen molar-refractivity contribution >= 4 is 17.6 Å². The van der Waals surface area contributed by atoms with E-state index in [1.165, 1.54) is 25.1 Å². The second-order valence-electron chi connectivity index (χ2n) is 3.78. The number of benzene rings is 1. The van der Waals surface area contributed by atoms with Crippen molar-refractivity contribution < 1.29 is 14.8 Å². The van der Waals surface area contributed by atoms with E-state index in [1.807, 2.05) is 0 Å². The van der Waals surface area contributed by atoms with Gasteiger partial charge >= 0.3 is 5.97 Å². The molecule has 0 spiro atoms. The SMILES string of the molecule is CC(CCc1cc(Cl)ccc1C(=O)O)[N+](=O)[O-]. The number of rotatable bonds is 5. The molecule has 0 aliphatic carbocycles. The number of carbonyl (C=O) groups is 1. The minimum Gasteiger partial charge on any atom is -0.478 e. The molecule has 1 N–H and O–H groups in total. The van der Waals surface area contributed by atoms with Crippen molar-refractivity contribution in [3.8, 4) is 0 Å². The van der Waals surface area contributed by atoms with Gasteiger partial charge in [-0.25, -0.2) is 4.79 Å². The summed E-state index contributed by atoms with van der Waals surface area (Å²) < 4.78 is 0. The first-order chi connectivity index (χ1) is 7.91. The van der Waals surface area contributed by atoms with Gasteiger partial charge in [0.05, 0.1) is 5.56 Å². The summed E-state index contributed by atoms with van der Waals surface area (Å²) in [5, 5.41) is 19.9. The Labute approximate surface area is 103 Å². The highest BCUT2D eigenvalue weighted by Crippen LogP contribution is 2.18. The summed E-state index contributed by atoms with van der Waals surface area (Å²) in [6, 6.07) is 3.75. The zero-order chi connectivity index (χ0) is 13.0. The van der Waals surface area contributed by atoms with Gasteiger partial charge in [-0.15, -0.1) is 0 Å². The number of nitrogens with zero attached hydrogens (tertiary/aromatic N) is 1. The molecule has 0 saturated heterocycles. The lowest BCUT2D eigenvalue weighted by Gasteiger charge is -2.07. The summed E-state index contributed by atoms with van der Waals surface area (Å²) >= 11 is 5.77. The second-order valence-corrected chi connectivity index (χ2v) is 4.22. The van der Waals surface area contributed by atoms with Gasteiger partial charge in [0.1, 0.15) is 0 Å². The van der Waals surface area contributed by atoms with Crippen LogP contribution in [0.3, 0.4) is 0 Å². The van der Waals surface area contributed by atoms with E-state index < -0.39 is 12.0 Å². The predicted octanol–water partition coefficient (Wildman–Crippen LogP) is 2.64. The fourth-order valence-electron chi connectivity index (χ4n) is 1.45. The normalized spacial score (nSPS) is 12.1. The Morgan fingerprint density at radius 2 is 2.24 bits per heavy atom. The van der Waals surface area contributed by atoms with Crippen molar-refractivity contribution in [2.45, 2.75) is 25.8 Å². The van der Waals surface area contributed by atoms with Crippen molar-refractivity contribution in [2.75, 3.05) is 0 Å². The lowest BCUT2D eigenvalue weighted by atomic mass is 10.0. The first kappa shape index (κ1) is 13.4. The van der Waals surface area contributed by atoms with E-state index >= 15 is 0 Å². The van der Waals surface area contributed by atoms with Gasteiger partial charge in [0, 0.05) is 23.3 Å². The molecule has 0 amide bonds. The first-order valence-corrected chi connectivity index (χ1v) is 5.45. The van der Waals surface area contributed by atoms with E-state index in [0.717, 1.165) is 0 Å². The number of hydrogen-bond acceptors (Lipinski definition) is 3. The predicted molar refractivity (Wildman–Crippen MR) is 63.2 cm³/mol. The Morgan fingerprint density at radius 3 is 2.76 bits per heavy atom. The highest BCUT2D eigenvalue weighted by Gasteiger charge is 2.16. The Balaban J connectivity index is 2.85. The standard InChI is InChI=1S/C11H12ClNO4/c1-7(13(16)17)2-3-8-6-9(12)4-5-10(8)11(14)15/h4-7H,2-3H2,1H3,(H,14,15). The zero-order valence-corrected chi connectivity index (χ0v) is 9.98. The van der Waals surface area contributed by atoms with Crippen LogP contribution < -0.4 is 0 Å². The fourth-order valence-corrected chi connectivity index (χ4v) is 1.64. The quantitative estimate of drug-likeness (QED) is 0.649. The lowest BCUT2D eigenvalue weighted by molar-refractivity contribution is -0.518. The Bertz CT molecular complexity index is 447. The molecule has 0 saturated carbocycles. The van der Waals surface area contributed by atoms with Gasteiger partial charge in [0.15, 0.2) is 0 Å². The van der Waals surface area contributed by atoms with Crippen molar-refractivity contribution in [3.63, 3.8) is 0 Å². The number of carboxylic acid groups (broad SMARTS) is 1. The highest BCUT2D eigenvalue weighted by molar-refractivity contribution is 6.30.